The number of rotatable bonds is 25. The number of aryl methyl sites for hydroxylation is 4. The molecule has 4 aromatic heterocycles. The number of benzene rings is 8. The molecular weight excluding hydrogens is 1410 g/mol. The van der Waals surface area contributed by atoms with Crippen LogP contribution in [0.1, 0.15) is 236 Å². The van der Waals surface area contributed by atoms with Gasteiger partial charge >= 0.3 is 0 Å². The molecule has 4 fully saturated rings. The Labute approximate surface area is 663 Å². The lowest BCUT2D eigenvalue weighted by atomic mass is 10.0. The molecule has 12 aromatic rings. The Morgan fingerprint density at radius 3 is 0.850 bits per heavy atom. The highest BCUT2D eigenvalue weighted by atomic mass is 16.3. The van der Waals surface area contributed by atoms with Crippen molar-refractivity contribution in [1.29, 1.82) is 0 Å². The van der Waals surface area contributed by atoms with Gasteiger partial charge in [-0.3, -0.25) is 38.4 Å². The molecule has 3 saturated heterocycles. The van der Waals surface area contributed by atoms with E-state index in [1.807, 2.05) is 121 Å². The standard InChI is InChI=1S/C25H28N2O2.C25H30N2O2.C24H28N2O3.C22H26N2O2/c1-16(28)19-5-8-24-22(13-19)23-14-20(17(2)29)6-9-25(23)27(24)11-3-10-26-15-18-4-7-21(26)12-18;1-18(28)20-8-10-24-22(16-20)23-17-21(19(2)29)9-11-25(23)27(24)15-7-14-26-12-5-3-4-6-13-26;1-16(27)18-4-6-23-21(14-18)22-15-19(17(2)28)5-7-24(22)26(23)11-3-10-25-12-8-20(29)9-13-25;1-14(2)23-10-5-11-24-21-8-6-17(15(3)25)12-19(21)20-13-18(16(4)26)7-9-22(20)24/h5-6,8-9,13-14,18,21H,3-4,7,10-12,15H2,1-2H3;8-11,16-17H,3-7,12-15H2,1-2H3;4-7,14-15,20,29H,3,8-13H2,1-2H3;6-9,12-14,23H,5,10-11H2,1-4H3. The van der Waals surface area contributed by atoms with Gasteiger partial charge in [-0.15, -0.1) is 0 Å². The molecule has 17 nitrogen and oxygen atoms in total. The number of carbonyl (C=O) groups excluding carboxylic acids is 8. The predicted molar refractivity (Wildman–Crippen MR) is 459 cm³/mol. The van der Waals surface area contributed by atoms with Crippen molar-refractivity contribution in [2.45, 2.75) is 197 Å². The molecule has 0 amide bonds. The van der Waals surface area contributed by atoms with E-state index in [1.165, 1.54) is 64.6 Å². The van der Waals surface area contributed by atoms with Crippen LogP contribution >= 0.6 is 0 Å². The number of aromatic nitrogens is 4. The molecule has 0 spiro atoms. The second kappa shape index (κ2) is 36.1. The van der Waals surface area contributed by atoms with Crippen LogP contribution in [-0.2, 0) is 26.2 Å². The topological polar surface area (TPSA) is 198 Å². The van der Waals surface area contributed by atoms with Crippen molar-refractivity contribution in [2.75, 3.05) is 58.9 Å². The quantitative estimate of drug-likeness (QED) is 0.0405. The minimum atomic E-state index is -0.144. The smallest absolute Gasteiger partial charge is 0.159 e. The summed E-state index contributed by atoms with van der Waals surface area (Å²) in [6.45, 7) is 30.5. The molecule has 2 N–H and O–H groups in total. The van der Waals surface area contributed by atoms with Crippen LogP contribution in [0.3, 0.4) is 0 Å². The zero-order valence-corrected chi connectivity index (χ0v) is 67.9. The van der Waals surface area contributed by atoms with Crippen LogP contribution in [0.5, 0.6) is 0 Å². The summed E-state index contributed by atoms with van der Waals surface area (Å²) in [6.07, 6.45) is 15.4. The fourth-order valence-electron chi connectivity index (χ4n) is 17.9. The van der Waals surface area contributed by atoms with Crippen LogP contribution < -0.4 is 5.32 Å². The summed E-state index contributed by atoms with van der Waals surface area (Å²) < 4.78 is 9.32. The average molecular weight is 1520 g/mol. The highest BCUT2D eigenvalue weighted by Crippen LogP contribution is 2.39. The number of nitrogens with zero attached hydrogens (tertiary/aromatic N) is 7. The lowest BCUT2D eigenvalue weighted by Gasteiger charge is -2.29. The highest BCUT2D eigenvalue weighted by molar-refractivity contribution is 6.17. The van der Waals surface area contributed by atoms with E-state index in [0.29, 0.717) is 39.4 Å². The molecule has 590 valence electrons. The number of likely N-dealkylation sites (tertiary alicyclic amines) is 3. The number of aliphatic hydroxyl groups excluding tert-OH is 1. The van der Waals surface area contributed by atoms with Gasteiger partial charge in [0.2, 0.25) is 0 Å². The maximum atomic E-state index is 11.9. The molecule has 17 heteroatoms. The van der Waals surface area contributed by atoms with Gasteiger partial charge in [0.15, 0.2) is 46.3 Å². The van der Waals surface area contributed by atoms with E-state index in [2.05, 4.69) is 76.4 Å². The number of ketones is 8. The van der Waals surface area contributed by atoms with Gasteiger partial charge in [-0.25, -0.2) is 0 Å². The normalized spacial score (nSPS) is 16.3. The van der Waals surface area contributed by atoms with Crippen LogP contribution in [0.25, 0.3) is 87.2 Å². The molecule has 7 heterocycles. The summed E-state index contributed by atoms with van der Waals surface area (Å²) in [5.41, 5.74) is 14.6. The van der Waals surface area contributed by atoms with Crippen LogP contribution in [0, 0.1) is 5.92 Å². The van der Waals surface area contributed by atoms with Gasteiger partial charge in [0.25, 0.3) is 0 Å². The summed E-state index contributed by atoms with van der Waals surface area (Å²) in [4.78, 5) is 103. The van der Waals surface area contributed by atoms with Gasteiger partial charge < -0.3 is 43.4 Å². The van der Waals surface area contributed by atoms with Crippen molar-refractivity contribution in [3.05, 3.63) is 190 Å². The van der Waals surface area contributed by atoms with Gasteiger partial charge in [0.1, 0.15) is 0 Å². The lowest BCUT2D eigenvalue weighted by Crippen LogP contribution is -2.36. The number of hydrogen-bond acceptors (Lipinski definition) is 13. The number of carbonyl (C=O) groups is 8. The summed E-state index contributed by atoms with van der Waals surface area (Å²) >= 11 is 0. The van der Waals surface area contributed by atoms with E-state index in [-0.39, 0.29) is 52.4 Å². The summed E-state index contributed by atoms with van der Waals surface area (Å²) in [7, 11) is 0. The molecule has 8 aromatic carbocycles. The Kier molecular flexibility index (Phi) is 25.9. The third-order valence-electron chi connectivity index (χ3n) is 24.1. The van der Waals surface area contributed by atoms with Crippen LogP contribution in [0.4, 0.5) is 0 Å². The van der Waals surface area contributed by atoms with Crippen molar-refractivity contribution in [3.8, 4) is 0 Å². The fourth-order valence-corrected chi connectivity index (χ4v) is 17.9. The third kappa shape index (κ3) is 18.5. The predicted octanol–water partition coefficient (Wildman–Crippen LogP) is 19.2. The molecular formula is C96H112N8O9. The zero-order valence-electron chi connectivity index (χ0n) is 67.9. The van der Waals surface area contributed by atoms with Crippen molar-refractivity contribution in [3.63, 3.8) is 0 Å². The average Bonchev–Trinajstić information content (AvgIpc) is 1.62. The number of fused-ring (bicyclic) bond motifs is 14. The van der Waals surface area contributed by atoms with Crippen molar-refractivity contribution in [1.82, 2.24) is 38.3 Å². The van der Waals surface area contributed by atoms with Gasteiger partial charge in [0, 0.05) is 196 Å². The number of hydrogen-bond donors (Lipinski definition) is 2. The first kappa shape index (κ1) is 81.1. The van der Waals surface area contributed by atoms with E-state index < -0.39 is 0 Å². The number of Topliss-reactive ketones (excluding diaryl/α,β-unsaturated/α-hetero) is 8. The molecule has 0 radical (unpaired) electrons. The van der Waals surface area contributed by atoms with E-state index in [9.17, 15) is 43.5 Å². The molecule has 2 atom stereocenters. The van der Waals surface area contributed by atoms with Crippen LogP contribution in [0.2, 0.25) is 0 Å². The SMILES string of the molecule is CC(=O)c1ccc2c(c1)c1cc(C(C)=O)ccc1n2CCCN1CC2CCC1C2.CC(=O)c1ccc2c(c1)c1cc(C(C)=O)ccc1n2CCCN1CCC(O)CC1.CC(=O)c1ccc2c(c1)c1cc(C(C)=O)ccc1n2CCCN1CCCCCC1.CC(=O)c1ccc2c(c1)c1cc(C(C)=O)ccc1n2CCCNC(C)C. The Morgan fingerprint density at radius 2 is 0.602 bits per heavy atom. The molecule has 1 saturated carbocycles. The first-order valence-corrected chi connectivity index (χ1v) is 41.3. The highest BCUT2D eigenvalue weighted by Gasteiger charge is 2.37. The van der Waals surface area contributed by atoms with E-state index in [4.69, 9.17) is 0 Å². The first-order valence-electron chi connectivity index (χ1n) is 41.3. The maximum absolute atomic E-state index is 11.9. The molecule has 2 bridgehead atoms. The summed E-state index contributed by atoms with van der Waals surface area (Å²) in [5, 5.41) is 21.5. The fraction of sp³-hybridized carbons (Fsp3) is 0.417. The lowest BCUT2D eigenvalue weighted by molar-refractivity contribution is 0.0816. The summed E-state index contributed by atoms with van der Waals surface area (Å²) in [6, 6.07) is 48.6. The zero-order chi connectivity index (χ0) is 79.9. The van der Waals surface area contributed by atoms with Gasteiger partial charge in [0.05, 0.1) is 6.10 Å². The Morgan fingerprint density at radius 1 is 0.336 bits per heavy atom. The van der Waals surface area contributed by atoms with E-state index in [0.717, 1.165) is 214 Å². The van der Waals surface area contributed by atoms with Crippen molar-refractivity contribution in [2.24, 2.45) is 5.92 Å². The third-order valence-corrected chi connectivity index (χ3v) is 24.1. The van der Waals surface area contributed by atoms with Crippen molar-refractivity contribution >= 4 is 133 Å². The van der Waals surface area contributed by atoms with Gasteiger partial charge in [-0.05, 0) is 310 Å². The van der Waals surface area contributed by atoms with Crippen LogP contribution in [-0.4, -0.2) is 161 Å². The molecule has 16 rings (SSSR count). The molecule has 4 aliphatic rings. The molecule has 113 heavy (non-hydrogen) atoms. The molecule has 1 aliphatic carbocycles. The number of nitrogens with one attached hydrogen (secondary N) is 1. The Hall–Kier alpha value is -9.88. The second-order valence-electron chi connectivity index (χ2n) is 32.6. The maximum Gasteiger partial charge on any atom is 0.159 e. The van der Waals surface area contributed by atoms with Crippen LogP contribution in [0.15, 0.2) is 146 Å². The first-order chi connectivity index (χ1) is 54.4. The van der Waals surface area contributed by atoms with E-state index >= 15 is 0 Å². The Balaban J connectivity index is 0.000000132. The monoisotopic (exact) mass is 1520 g/mol. The summed E-state index contributed by atoms with van der Waals surface area (Å²) in [5.74, 6) is 1.40. The van der Waals surface area contributed by atoms with Gasteiger partial charge in [-0.1, -0.05) is 26.7 Å². The van der Waals surface area contributed by atoms with Gasteiger partial charge in [-0.2, -0.15) is 0 Å². The van der Waals surface area contributed by atoms with E-state index in [1.54, 1.807) is 55.4 Å². The number of piperidine rings is 2. The molecule has 3 aliphatic heterocycles. The minimum absolute atomic E-state index is 0.0443. The minimum Gasteiger partial charge on any atom is -0.393 e. The molecule has 2 unspecified atom stereocenters. The van der Waals surface area contributed by atoms with Crippen molar-refractivity contribution < 1.29 is 43.5 Å². The number of aliphatic hydroxyl groups is 1. The Bertz CT molecular complexity index is 5330. The largest absolute Gasteiger partial charge is 0.393 e. The second-order valence-corrected chi connectivity index (χ2v) is 32.6.